The number of aromatic nitrogens is 3. The quantitative estimate of drug-likeness (QED) is 0.854. The van der Waals surface area contributed by atoms with E-state index in [2.05, 4.69) is 21.6 Å². The lowest BCUT2D eigenvalue weighted by atomic mass is 10.2. The molecular formula is C16H17N5OS. The molecule has 1 N–H and O–H groups in total. The summed E-state index contributed by atoms with van der Waals surface area (Å²) < 4.78 is 1.97. The fourth-order valence-corrected chi connectivity index (χ4v) is 3.07. The average Bonchev–Trinajstić information content (AvgIpc) is 3.33. The maximum atomic E-state index is 12.3. The van der Waals surface area contributed by atoms with E-state index in [9.17, 15) is 4.79 Å². The zero-order valence-corrected chi connectivity index (χ0v) is 13.8. The van der Waals surface area contributed by atoms with E-state index in [0.29, 0.717) is 17.2 Å². The summed E-state index contributed by atoms with van der Waals surface area (Å²) in [5, 5.41) is 20.6. The zero-order valence-electron chi connectivity index (χ0n) is 13.0. The smallest absolute Gasteiger partial charge is 0.237 e. The van der Waals surface area contributed by atoms with Crippen molar-refractivity contribution in [1.29, 1.82) is 5.26 Å². The molecule has 0 saturated heterocycles. The fraction of sp³-hybridized carbons (Fsp3) is 0.375. The molecule has 1 aliphatic carbocycles. The molecular weight excluding hydrogens is 310 g/mol. The standard InChI is InChI=1S/C16H17N5OS/c1-10(15(22)18-13-5-3-4-11(8-13)9-17)23-16-20-19-14(21(16)2)12-6-7-12/h3-5,8,10,12H,6-7H2,1-2H3,(H,18,22)/t10-/m0/s1. The van der Waals surface area contributed by atoms with Gasteiger partial charge in [-0.2, -0.15) is 5.26 Å². The first-order valence-electron chi connectivity index (χ1n) is 7.45. The van der Waals surface area contributed by atoms with E-state index in [1.165, 1.54) is 24.6 Å². The Morgan fingerprint density at radius 2 is 2.26 bits per heavy atom. The van der Waals surface area contributed by atoms with Crippen LogP contribution in [0.1, 0.15) is 37.1 Å². The minimum Gasteiger partial charge on any atom is -0.325 e. The van der Waals surface area contributed by atoms with Crippen molar-refractivity contribution in [3.05, 3.63) is 35.7 Å². The van der Waals surface area contributed by atoms with Crippen molar-refractivity contribution in [1.82, 2.24) is 14.8 Å². The highest BCUT2D eigenvalue weighted by Crippen LogP contribution is 2.39. The third kappa shape index (κ3) is 3.54. The SMILES string of the molecule is C[C@H](Sc1nnc(C2CC2)n1C)C(=O)Nc1cccc(C#N)c1. The second-order valence-corrected chi connectivity index (χ2v) is 6.92. The Bertz CT molecular complexity index is 775. The molecule has 6 nitrogen and oxygen atoms in total. The largest absolute Gasteiger partial charge is 0.325 e. The Hall–Kier alpha value is -2.33. The monoisotopic (exact) mass is 327 g/mol. The molecule has 1 saturated carbocycles. The van der Waals surface area contributed by atoms with Crippen LogP contribution in [0.5, 0.6) is 0 Å². The van der Waals surface area contributed by atoms with Crippen molar-refractivity contribution < 1.29 is 4.79 Å². The number of hydrogen-bond donors (Lipinski definition) is 1. The predicted molar refractivity (Wildman–Crippen MR) is 88.1 cm³/mol. The van der Waals surface area contributed by atoms with E-state index < -0.39 is 0 Å². The maximum Gasteiger partial charge on any atom is 0.237 e. The van der Waals surface area contributed by atoms with Crippen LogP contribution in [0.4, 0.5) is 5.69 Å². The Labute approximate surface area is 138 Å². The second kappa shape index (κ2) is 6.42. The number of anilines is 1. The van der Waals surface area contributed by atoms with Gasteiger partial charge >= 0.3 is 0 Å². The molecule has 0 aliphatic heterocycles. The first-order chi connectivity index (χ1) is 11.1. The molecule has 1 aromatic carbocycles. The van der Waals surface area contributed by atoms with Crippen LogP contribution in [-0.2, 0) is 11.8 Å². The van der Waals surface area contributed by atoms with Crippen molar-refractivity contribution in [3.8, 4) is 6.07 Å². The maximum absolute atomic E-state index is 12.3. The van der Waals surface area contributed by atoms with Crippen molar-refractivity contribution >= 4 is 23.4 Å². The number of rotatable bonds is 5. The van der Waals surface area contributed by atoms with Gasteiger partial charge in [-0.3, -0.25) is 4.79 Å². The molecule has 1 aromatic heterocycles. The minimum atomic E-state index is -0.310. The molecule has 1 fully saturated rings. The van der Waals surface area contributed by atoms with Crippen LogP contribution in [0.2, 0.25) is 0 Å². The summed E-state index contributed by atoms with van der Waals surface area (Å²) in [6, 6.07) is 8.93. The van der Waals surface area contributed by atoms with Crippen molar-refractivity contribution in [2.45, 2.75) is 36.1 Å². The van der Waals surface area contributed by atoms with E-state index in [1.807, 2.05) is 18.5 Å². The summed E-state index contributed by atoms with van der Waals surface area (Å²) >= 11 is 1.39. The predicted octanol–water partition coefficient (Wildman–Crippen LogP) is 2.68. The summed E-state index contributed by atoms with van der Waals surface area (Å²) in [5.74, 6) is 1.41. The third-order valence-corrected chi connectivity index (χ3v) is 4.86. The van der Waals surface area contributed by atoms with E-state index in [4.69, 9.17) is 5.26 Å². The van der Waals surface area contributed by atoms with Crippen LogP contribution in [0.15, 0.2) is 29.4 Å². The molecule has 0 radical (unpaired) electrons. The molecule has 118 valence electrons. The van der Waals surface area contributed by atoms with E-state index in [0.717, 1.165) is 11.0 Å². The van der Waals surface area contributed by atoms with Gasteiger partial charge in [0, 0.05) is 18.7 Å². The highest BCUT2D eigenvalue weighted by atomic mass is 32.2. The van der Waals surface area contributed by atoms with Crippen LogP contribution in [0.25, 0.3) is 0 Å². The highest BCUT2D eigenvalue weighted by Gasteiger charge is 2.30. The molecule has 1 heterocycles. The molecule has 1 amide bonds. The van der Waals surface area contributed by atoms with Crippen LogP contribution < -0.4 is 5.32 Å². The molecule has 3 rings (SSSR count). The van der Waals surface area contributed by atoms with Gasteiger partial charge in [-0.1, -0.05) is 17.8 Å². The third-order valence-electron chi connectivity index (χ3n) is 3.72. The number of nitrogens with zero attached hydrogens (tertiary/aromatic N) is 4. The van der Waals surface area contributed by atoms with Crippen molar-refractivity contribution in [2.24, 2.45) is 7.05 Å². The number of benzene rings is 1. The number of thioether (sulfide) groups is 1. The lowest BCUT2D eigenvalue weighted by Gasteiger charge is -2.11. The lowest BCUT2D eigenvalue weighted by molar-refractivity contribution is -0.115. The molecule has 0 unspecified atom stereocenters. The topological polar surface area (TPSA) is 83.6 Å². The summed E-state index contributed by atoms with van der Waals surface area (Å²) in [4.78, 5) is 12.3. The number of nitriles is 1. The fourth-order valence-electron chi connectivity index (χ4n) is 2.25. The number of nitrogens with one attached hydrogen (secondary N) is 1. The van der Waals surface area contributed by atoms with Crippen LogP contribution >= 0.6 is 11.8 Å². The second-order valence-electron chi connectivity index (χ2n) is 5.62. The van der Waals surface area contributed by atoms with Crippen molar-refractivity contribution in [3.63, 3.8) is 0 Å². The van der Waals surface area contributed by atoms with Gasteiger partial charge in [-0.05, 0) is 38.0 Å². The van der Waals surface area contributed by atoms with Gasteiger partial charge in [-0.25, -0.2) is 0 Å². The van der Waals surface area contributed by atoms with Gasteiger partial charge in [0.15, 0.2) is 5.16 Å². The van der Waals surface area contributed by atoms with Gasteiger partial charge in [-0.15, -0.1) is 10.2 Å². The number of carbonyl (C=O) groups excluding carboxylic acids is 1. The summed E-state index contributed by atoms with van der Waals surface area (Å²) in [7, 11) is 1.94. The van der Waals surface area contributed by atoms with Gasteiger partial charge in [0.1, 0.15) is 5.82 Å². The molecule has 0 bridgehead atoms. The first-order valence-corrected chi connectivity index (χ1v) is 8.33. The van der Waals surface area contributed by atoms with Gasteiger partial charge in [0.25, 0.3) is 0 Å². The Kier molecular flexibility index (Phi) is 4.35. The molecule has 7 heteroatoms. The summed E-state index contributed by atoms with van der Waals surface area (Å²) in [6.07, 6.45) is 2.34. The Balaban J connectivity index is 1.64. The van der Waals surface area contributed by atoms with Gasteiger partial charge in [0.2, 0.25) is 5.91 Å². The molecule has 1 aliphatic rings. The Morgan fingerprint density at radius 1 is 1.48 bits per heavy atom. The Morgan fingerprint density at radius 3 is 2.96 bits per heavy atom. The van der Waals surface area contributed by atoms with E-state index in [-0.39, 0.29) is 11.2 Å². The zero-order chi connectivity index (χ0) is 16.4. The van der Waals surface area contributed by atoms with Crippen LogP contribution in [0.3, 0.4) is 0 Å². The normalized spacial score (nSPS) is 15.0. The highest BCUT2D eigenvalue weighted by molar-refractivity contribution is 8.00. The minimum absolute atomic E-state index is 0.124. The molecule has 0 spiro atoms. The van der Waals surface area contributed by atoms with Crippen LogP contribution in [0, 0.1) is 11.3 Å². The van der Waals surface area contributed by atoms with Crippen LogP contribution in [-0.4, -0.2) is 25.9 Å². The molecule has 1 atom stereocenters. The summed E-state index contributed by atoms with van der Waals surface area (Å²) in [6.45, 7) is 1.83. The molecule has 23 heavy (non-hydrogen) atoms. The van der Waals surface area contributed by atoms with Gasteiger partial charge in [0.05, 0.1) is 16.9 Å². The average molecular weight is 327 g/mol. The number of carbonyl (C=O) groups is 1. The van der Waals surface area contributed by atoms with Gasteiger partial charge < -0.3 is 9.88 Å². The number of amides is 1. The van der Waals surface area contributed by atoms with E-state index >= 15 is 0 Å². The first kappa shape index (κ1) is 15.6. The van der Waals surface area contributed by atoms with E-state index in [1.54, 1.807) is 24.3 Å². The van der Waals surface area contributed by atoms with Crippen molar-refractivity contribution in [2.75, 3.05) is 5.32 Å². The molecule has 2 aromatic rings. The summed E-state index contributed by atoms with van der Waals surface area (Å²) in [5.41, 5.74) is 1.14. The number of hydrogen-bond acceptors (Lipinski definition) is 5. The lowest BCUT2D eigenvalue weighted by Crippen LogP contribution is -2.22.